The van der Waals surface area contributed by atoms with Gasteiger partial charge in [0.1, 0.15) is 0 Å². The van der Waals surface area contributed by atoms with Crippen molar-refractivity contribution in [1.82, 2.24) is 0 Å². The van der Waals surface area contributed by atoms with Gasteiger partial charge in [0.05, 0.1) is 0 Å². The third kappa shape index (κ3) is 2.73. The highest BCUT2D eigenvalue weighted by Gasteiger charge is 2.43. The molecule has 2 heteroatoms. The molecule has 0 heterocycles. The van der Waals surface area contributed by atoms with E-state index in [2.05, 4.69) is 13.8 Å². The molecule has 0 bridgehead atoms. The Labute approximate surface area is 94.8 Å². The van der Waals surface area contributed by atoms with Crippen molar-refractivity contribution in [2.75, 3.05) is 6.54 Å². The maximum Gasteiger partial charge on any atom is 0.0206 e. The summed E-state index contributed by atoms with van der Waals surface area (Å²) < 4.78 is 0. The third-order valence-electron chi connectivity index (χ3n) is 4.62. The highest BCUT2D eigenvalue weighted by molar-refractivity contribution is 5.00. The highest BCUT2D eigenvalue weighted by Crippen LogP contribution is 2.46. The predicted molar refractivity (Wildman–Crippen MR) is 66.7 cm³/mol. The Bertz CT molecular complexity index is 185. The molecular formula is C13H28N2. The van der Waals surface area contributed by atoms with E-state index >= 15 is 0 Å². The smallest absolute Gasteiger partial charge is 0.0206 e. The van der Waals surface area contributed by atoms with Gasteiger partial charge >= 0.3 is 0 Å². The van der Waals surface area contributed by atoms with Gasteiger partial charge in [0, 0.05) is 5.54 Å². The van der Waals surface area contributed by atoms with E-state index in [-0.39, 0.29) is 5.54 Å². The first-order chi connectivity index (χ1) is 7.08. The van der Waals surface area contributed by atoms with Crippen LogP contribution in [0.2, 0.25) is 0 Å². The summed E-state index contributed by atoms with van der Waals surface area (Å²) in [6.45, 7) is 5.40. The Morgan fingerprint density at radius 2 is 1.80 bits per heavy atom. The Hall–Kier alpha value is -0.0800. The SMILES string of the molecule is CCC(N)(CCCN)C1(C)CCCCC1. The van der Waals surface area contributed by atoms with E-state index in [0.717, 1.165) is 25.8 Å². The van der Waals surface area contributed by atoms with Crippen LogP contribution >= 0.6 is 0 Å². The van der Waals surface area contributed by atoms with E-state index < -0.39 is 0 Å². The van der Waals surface area contributed by atoms with Gasteiger partial charge in [0.15, 0.2) is 0 Å². The summed E-state index contributed by atoms with van der Waals surface area (Å²) in [5.74, 6) is 0. The van der Waals surface area contributed by atoms with Crippen molar-refractivity contribution in [3.8, 4) is 0 Å². The van der Waals surface area contributed by atoms with Gasteiger partial charge in [-0.15, -0.1) is 0 Å². The van der Waals surface area contributed by atoms with Gasteiger partial charge in [0.2, 0.25) is 0 Å². The molecule has 0 saturated heterocycles. The van der Waals surface area contributed by atoms with Crippen LogP contribution in [0.4, 0.5) is 0 Å². The number of rotatable bonds is 5. The average Bonchev–Trinajstić information content (AvgIpc) is 2.26. The van der Waals surface area contributed by atoms with Gasteiger partial charge in [-0.3, -0.25) is 0 Å². The Kier molecular flexibility index (Phi) is 4.60. The van der Waals surface area contributed by atoms with E-state index in [4.69, 9.17) is 11.5 Å². The first-order valence-corrected chi connectivity index (χ1v) is 6.57. The van der Waals surface area contributed by atoms with E-state index in [0.29, 0.717) is 5.41 Å². The molecule has 0 aromatic rings. The molecule has 2 nitrogen and oxygen atoms in total. The van der Waals surface area contributed by atoms with Gasteiger partial charge in [-0.25, -0.2) is 0 Å². The van der Waals surface area contributed by atoms with Crippen LogP contribution in [0.15, 0.2) is 0 Å². The van der Waals surface area contributed by atoms with Crippen molar-refractivity contribution in [3.05, 3.63) is 0 Å². The first-order valence-electron chi connectivity index (χ1n) is 6.57. The normalized spacial score (nSPS) is 24.8. The lowest BCUT2D eigenvalue weighted by Gasteiger charge is -2.49. The van der Waals surface area contributed by atoms with Crippen molar-refractivity contribution in [2.24, 2.45) is 16.9 Å². The van der Waals surface area contributed by atoms with E-state index in [9.17, 15) is 0 Å². The van der Waals surface area contributed by atoms with Crippen LogP contribution < -0.4 is 11.5 Å². The maximum atomic E-state index is 6.64. The lowest BCUT2D eigenvalue weighted by Crippen LogP contribution is -2.54. The minimum Gasteiger partial charge on any atom is -0.330 e. The highest BCUT2D eigenvalue weighted by atomic mass is 14.8. The van der Waals surface area contributed by atoms with Crippen LogP contribution in [0.25, 0.3) is 0 Å². The van der Waals surface area contributed by atoms with Crippen LogP contribution in [0.1, 0.15) is 65.2 Å². The summed E-state index contributed by atoms with van der Waals surface area (Å²) in [6, 6.07) is 0. The summed E-state index contributed by atoms with van der Waals surface area (Å²) >= 11 is 0. The standard InChI is InChI=1S/C13H28N2/c1-3-13(15,10-7-11-14)12(2)8-5-4-6-9-12/h3-11,14-15H2,1-2H3. The van der Waals surface area contributed by atoms with Crippen molar-refractivity contribution in [2.45, 2.75) is 70.8 Å². The lowest BCUT2D eigenvalue weighted by molar-refractivity contribution is 0.0742. The molecule has 1 aliphatic rings. The molecule has 1 rings (SSSR count). The summed E-state index contributed by atoms with van der Waals surface area (Å²) in [5, 5.41) is 0. The summed E-state index contributed by atoms with van der Waals surface area (Å²) in [4.78, 5) is 0. The van der Waals surface area contributed by atoms with Crippen molar-refractivity contribution in [1.29, 1.82) is 0 Å². The van der Waals surface area contributed by atoms with E-state index in [1.54, 1.807) is 0 Å². The molecule has 1 unspecified atom stereocenters. The molecule has 0 aromatic carbocycles. The second kappa shape index (κ2) is 5.31. The fourth-order valence-electron chi connectivity index (χ4n) is 3.15. The van der Waals surface area contributed by atoms with Crippen molar-refractivity contribution in [3.63, 3.8) is 0 Å². The zero-order valence-electron chi connectivity index (χ0n) is 10.5. The molecule has 1 atom stereocenters. The molecule has 1 fully saturated rings. The number of hydrogen-bond acceptors (Lipinski definition) is 2. The largest absolute Gasteiger partial charge is 0.330 e. The average molecular weight is 212 g/mol. The number of nitrogens with two attached hydrogens (primary N) is 2. The lowest BCUT2D eigenvalue weighted by atomic mass is 9.60. The van der Waals surface area contributed by atoms with Gasteiger partial charge in [-0.2, -0.15) is 0 Å². The molecule has 0 spiro atoms. The monoisotopic (exact) mass is 212 g/mol. The van der Waals surface area contributed by atoms with Crippen LogP contribution in [0.3, 0.4) is 0 Å². The summed E-state index contributed by atoms with van der Waals surface area (Å²) in [7, 11) is 0. The molecule has 0 radical (unpaired) electrons. The predicted octanol–water partition coefficient (Wildman–Crippen LogP) is 2.80. The minimum absolute atomic E-state index is 0.0206. The van der Waals surface area contributed by atoms with Crippen LogP contribution in [-0.4, -0.2) is 12.1 Å². The third-order valence-corrected chi connectivity index (χ3v) is 4.62. The van der Waals surface area contributed by atoms with Crippen molar-refractivity contribution >= 4 is 0 Å². The Morgan fingerprint density at radius 1 is 1.20 bits per heavy atom. The quantitative estimate of drug-likeness (QED) is 0.736. The maximum absolute atomic E-state index is 6.64. The molecule has 4 N–H and O–H groups in total. The molecular weight excluding hydrogens is 184 g/mol. The molecule has 0 aromatic heterocycles. The van der Waals surface area contributed by atoms with Crippen LogP contribution in [0, 0.1) is 5.41 Å². The topological polar surface area (TPSA) is 52.0 Å². The van der Waals surface area contributed by atoms with Gasteiger partial charge in [0.25, 0.3) is 0 Å². The Balaban J connectivity index is 2.68. The molecule has 1 saturated carbocycles. The summed E-state index contributed by atoms with van der Waals surface area (Å²) in [5.41, 5.74) is 12.6. The van der Waals surface area contributed by atoms with Gasteiger partial charge < -0.3 is 11.5 Å². The van der Waals surface area contributed by atoms with Gasteiger partial charge in [-0.1, -0.05) is 33.1 Å². The Morgan fingerprint density at radius 3 is 2.27 bits per heavy atom. The van der Waals surface area contributed by atoms with E-state index in [1.165, 1.54) is 32.1 Å². The zero-order valence-corrected chi connectivity index (χ0v) is 10.5. The molecule has 1 aliphatic carbocycles. The fourth-order valence-corrected chi connectivity index (χ4v) is 3.15. The molecule has 90 valence electrons. The van der Waals surface area contributed by atoms with Crippen molar-refractivity contribution < 1.29 is 0 Å². The number of hydrogen-bond donors (Lipinski definition) is 2. The molecule has 0 amide bonds. The fraction of sp³-hybridized carbons (Fsp3) is 1.00. The molecule has 0 aliphatic heterocycles. The second-order valence-corrected chi connectivity index (χ2v) is 5.52. The second-order valence-electron chi connectivity index (χ2n) is 5.52. The zero-order chi connectivity index (χ0) is 11.4. The van der Waals surface area contributed by atoms with Crippen LogP contribution in [0.5, 0.6) is 0 Å². The van der Waals surface area contributed by atoms with Crippen LogP contribution in [-0.2, 0) is 0 Å². The summed E-state index contributed by atoms with van der Waals surface area (Å²) in [6.07, 6.45) is 9.98. The minimum atomic E-state index is 0.0206. The van der Waals surface area contributed by atoms with Gasteiger partial charge in [-0.05, 0) is 44.1 Å². The first kappa shape index (κ1) is 13.0. The molecule has 15 heavy (non-hydrogen) atoms. The van der Waals surface area contributed by atoms with E-state index in [1.807, 2.05) is 0 Å².